The van der Waals surface area contributed by atoms with Gasteiger partial charge >= 0.3 is 0 Å². The van der Waals surface area contributed by atoms with Gasteiger partial charge in [-0.15, -0.1) is 5.10 Å². The minimum Gasteiger partial charge on any atom is -1.00 e. The molecule has 6 nitrogen and oxygen atoms in total. The largest absolute Gasteiger partial charge is 1.00 e. The predicted octanol–water partition coefficient (Wildman–Crippen LogP) is 0.0651. The molecule has 1 heterocycles. The van der Waals surface area contributed by atoms with Crippen molar-refractivity contribution in [3.05, 3.63) is 65.7 Å². The molecule has 0 bridgehead atoms. The monoisotopic (exact) mass is 404 g/mol. The summed E-state index contributed by atoms with van der Waals surface area (Å²) in [4.78, 5) is 0. The lowest BCUT2D eigenvalue weighted by Gasteiger charge is -2.09. The van der Waals surface area contributed by atoms with Crippen LogP contribution in [-0.2, 0) is 20.2 Å². The van der Waals surface area contributed by atoms with Crippen molar-refractivity contribution in [2.45, 2.75) is 24.7 Å². The van der Waals surface area contributed by atoms with E-state index in [1.54, 1.807) is 16.4 Å². The molecule has 0 aliphatic rings. The van der Waals surface area contributed by atoms with Crippen molar-refractivity contribution < 1.29 is 17.1 Å². The van der Waals surface area contributed by atoms with Gasteiger partial charge in [-0.2, -0.15) is 0 Å². The van der Waals surface area contributed by atoms with Crippen LogP contribution in [0.25, 0.3) is 0 Å². The molecule has 27 heavy (non-hydrogen) atoms. The Bertz CT molecular complexity index is 800. The van der Waals surface area contributed by atoms with Crippen LogP contribution in [0, 0.1) is 0 Å². The maximum Gasteiger partial charge on any atom is 0.209 e. The Kier molecular flexibility index (Phi) is 9.10. The van der Waals surface area contributed by atoms with E-state index in [1.165, 1.54) is 11.1 Å². The van der Waals surface area contributed by atoms with E-state index in [1.807, 2.05) is 37.4 Å². The van der Waals surface area contributed by atoms with Crippen LogP contribution >= 0.6 is 11.8 Å². The van der Waals surface area contributed by atoms with E-state index in [0.29, 0.717) is 6.61 Å². The summed E-state index contributed by atoms with van der Waals surface area (Å²) in [6.45, 7) is 2.37. The van der Waals surface area contributed by atoms with Crippen LogP contribution in [0.1, 0.15) is 17.5 Å². The summed E-state index contributed by atoms with van der Waals surface area (Å²) >= 11 is 1.67. The quantitative estimate of drug-likeness (QED) is 0.381. The van der Waals surface area contributed by atoms with Crippen LogP contribution in [0.4, 0.5) is 0 Å². The highest BCUT2D eigenvalue weighted by atomic mass is 35.5. The molecular formula is C19H23ClN5OS-. The molecule has 144 valence electrons. The average Bonchev–Trinajstić information content (AvgIpc) is 3.09. The van der Waals surface area contributed by atoms with E-state index < -0.39 is 0 Å². The van der Waals surface area contributed by atoms with Crippen LogP contribution < -0.4 is 22.5 Å². The molecule has 3 aromatic rings. The highest BCUT2D eigenvalue weighted by Crippen LogP contribution is 2.16. The Labute approximate surface area is 170 Å². The van der Waals surface area contributed by atoms with Crippen molar-refractivity contribution in [1.82, 2.24) is 25.5 Å². The topological polar surface area (TPSA) is 64.9 Å². The molecule has 0 spiro atoms. The van der Waals surface area contributed by atoms with Crippen LogP contribution in [0.5, 0.6) is 5.75 Å². The Morgan fingerprint density at radius 1 is 1.07 bits per heavy atom. The van der Waals surface area contributed by atoms with Crippen molar-refractivity contribution in [3.63, 3.8) is 0 Å². The fourth-order valence-electron chi connectivity index (χ4n) is 2.42. The number of thioether (sulfide) groups is 1. The first-order valence-corrected chi connectivity index (χ1v) is 9.61. The van der Waals surface area contributed by atoms with Gasteiger partial charge in [-0.3, -0.25) is 0 Å². The summed E-state index contributed by atoms with van der Waals surface area (Å²) < 4.78 is 7.57. The molecule has 3 rings (SSSR count). The molecule has 0 radical (unpaired) electrons. The molecule has 0 aliphatic heterocycles. The lowest BCUT2D eigenvalue weighted by atomic mass is 10.2. The molecule has 0 saturated heterocycles. The summed E-state index contributed by atoms with van der Waals surface area (Å²) in [6, 6.07) is 18.4. The van der Waals surface area contributed by atoms with E-state index in [2.05, 4.69) is 45.1 Å². The third kappa shape index (κ3) is 7.21. The van der Waals surface area contributed by atoms with E-state index in [9.17, 15) is 0 Å². The first-order valence-electron chi connectivity index (χ1n) is 8.63. The van der Waals surface area contributed by atoms with Crippen molar-refractivity contribution in [3.8, 4) is 5.75 Å². The molecule has 0 amide bonds. The molecule has 8 heteroatoms. The lowest BCUT2D eigenvalue weighted by molar-refractivity contribution is -0.00000589. The summed E-state index contributed by atoms with van der Waals surface area (Å²) in [5.74, 6) is 1.89. The zero-order valence-electron chi connectivity index (χ0n) is 15.2. The number of nitrogens with one attached hydrogen (secondary N) is 1. The highest BCUT2D eigenvalue weighted by Gasteiger charge is 2.02. The molecular weight excluding hydrogens is 382 g/mol. The zero-order chi connectivity index (χ0) is 18.0. The lowest BCUT2D eigenvalue weighted by Crippen LogP contribution is -3.00. The molecule has 0 saturated carbocycles. The van der Waals surface area contributed by atoms with E-state index in [-0.39, 0.29) is 12.4 Å². The minimum atomic E-state index is 0. The van der Waals surface area contributed by atoms with Crippen molar-refractivity contribution in [2.24, 2.45) is 7.05 Å². The van der Waals surface area contributed by atoms with Gasteiger partial charge in [-0.1, -0.05) is 54.2 Å². The van der Waals surface area contributed by atoms with Gasteiger partial charge in [0.2, 0.25) is 5.16 Å². The molecule has 0 aliphatic carbocycles. The third-order valence-electron chi connectivity index (χ3n) is 3.79. The molecule has 0 unspecified atom stereocenters. The van der Waals surface area contributed by atoms with Crippen molar-refractivity contribution >= 4 is 11.8 Å². The second-order valence-electron chi connectivity index (χ2n) is 5.89. The number of ether oxygens (including phenoxy) is 1. The summed E-state index contributed by atoms with van der Waals surface area (Å²) in [6.07, 6.45) is 1.06. The van der Waals surface area contributed by atoms with Crippen LogP contribution in [0.3, 0.4) is 0 Å². The van der Waals surface area contributed by atoms with Gasteiger partial charge < -0.3 is 22.5 Å². The zero-order valence-corrected chi connectivity index (χ0v) is 16.8. The summed E-state index contributed by atoms with van der Waals surface area (Å²) in [7, 11) is 1.85. The number of nitrogens with zero attached hydrogens (tertiary/aromatic N) is 4. The van der Waals surface area contributed by atoms with Crippen LogP contribution in [-0.4, -0.2) is 32.5 Å². The van der Waals surface area contributed by atoms with E-state index in [0.717, 1.165) is 36.2 Å². The van der Waals surface area contributed by atoms with E-state index in [4.69, 9.17) is 4.74 Å². The van der Waals surface area contributed by atoms with Gasteiger partial charge in [0.25, 0.3) is 0 Å². The Hall–Kier alpha value is -2.09. The number of hydrogen-bond donors (Lipinski definition) is 1. The number of tetrazole rings is 1. The smallest absolute Gasteiger partial charge is 0.209 e. The summed E-state index contributed by atoms with van der Waals surface area (Å²) in [5, 5.41) is 15.7. The van der Waals surface area contributed by atoms with Gasteiger partial charge in [0.05, 0.1) is 0 Å². The Morgan fingerprint density at radius 2 is 1.89 bits per heavy atom. The minimum absolute atomic E-state index is 0. The van der Waals surface area contributed by atoms with Crippen molar-refractivity contribution in [2.75, 3.05) is 12.3 Å². The van der Waals surface area contributed by atoms with Gasteiger partial charge in [-0.25, -0.2) is 4.68 Å². The number of rotatable bonds is 10. The van der Waals surface area contributed by atoms with Gasteiger partial charge in [-0.05, 0) is 46.7 Å². The molecule has 1 aromatic heterocycles. The van der Waals surface area contributed by atoms with Crippen molar-refractivity contribution in [1.29, 1.82) is 0 Å². The Morgan fingerprint density at radius 3 is 2.67 bits per heavy atom. The normalized spacial score (nSPS) is 10.4. The van der Waals surface area contributed by atoms with Crippen LogP contribution in [0.15, 0.2) is 59.8 Å². The number of halogens is 1. The molecule has 1 N–H and O–H groups in total. The second-order valence-corrected chi connectivity index (χ2v) is 6.95. The maximum absolute atomic E-state index is 5.88. The number of aromatic nitrogens is 4. The predicted molar refractivity (Wildman–Crippen MR) is 103 cm³/mol. The Balaban J connectivity index is 0.00000261. The fourth-order valence-corrected chi connectivity index (χ4v) is 3.21. The third-order valence-corrected chi connectivity index (χ3v) is 4.88. The van der Waals surface area contributed by atoms with Gasteiger partial charge in [0.15, 0.2) is 0 Å². The fraction of sp³-hybridized carbons (Fsp3) is 0.316. The van der Waals surface area contributed by atoms with Gasteiger partial charge in [0, 0.05) is 19.3 Å². The first-order chi connectivity index (χ1) is 12.8. The first kappa shape index (κ1) is 21.2. The molecule has 0 fully saturated rings. The molecule has 2 aromatic carbocycles. The summed E-state index contributed by atoms with van der Waals surface area (Å²) in [5.41, 5.74) is 2.40. The van der Waals surface area contributed by atoms with Crippen LogP contribution in [0.2, 0.25) is 0 Å². The van der Waals surface area contributed by atoms with Gasteiger partial charge in [0.1, 0.15) is 12.4 Å². The number of hydrogen-bond acceptors (Lipinski definition) is 6. The number of aryl methyl sites for hydroxylation is 1. The van der Waals surface area contributed by atoms with E-state index >= 15 is 0 Å². The molecule has 0 atom stereocenters. The SMILES string of the molecule is Cn1nnnc1SCCCNCc1cccc(OCc2ccccc2)c1.[Cl-]. The second kappa shape index (κ2) is 11.6. The number of benzene rings is 2. The highest BCUT2D eigenvalue weighted by molar-refractivity contribution is 7.99. The standard InChI is InChI=1S/C19H23N5OS.ClH/c1-24-19(21-22-23-24)26-12-6-11-20-14-17-9-5-10-18(13-17)25-15-16-7-3-2-4-8-16;/h2-5,7-10,13,20H,6,11-12,14-15H2,1H3;1H/p-1. The maximum atomic E-state index is 5.88. The average molecular weight is 405 g/mol.